The fraction of sp³-hybridized carbons (Fsp3) is 0.625. The zero-order valence-electron chi connectivity index (χ0n) is 18.4. The second-order valence-corrected chi connectivity index (χ2v) is 9.65. The molecule has 3 heterocycles. The predicted octanol–water partition coefficient (Wildman–Crippen LogP) is 2.27. The van der Waals surface area contributed by atoms with Crippen LogP contribution in [-0.4, -0.2) is 47.0 Å². The summed E-state index contributed by atoms with van der Waals surface area (Å²) in [4.78, 5) is 38.9. The molecule has 3 fully saturated rings. The van der Waals surface area contributed by atoms with E-state index < -0.39 is 17.7 Å². The Hall–Kier alpha value is -2.45. The topological polar surface area (TPSA) is 111 Å². The van der Waals surface area contributed by atoms with Crippen LogP contribution in [-0.2, 0) is 9.59 Å². The van der Waals surface area contributed by atoms with E-state index in [1.54, 1.807) is 0 Å². The molecule has 8 heteroatoms. The molecule has 2 amide bonds. The number of piperidine rings is 2. The Morgan fingerprint density at radius 1 is 1.00 bits per heavy atom. The van der Waals surface area contributed by atoms with Crippen LogP contribution in [0.2, 0.25) is 0 Å². The Kier molecular flexibility index (Phi) is 5.90. The lowest BCUT2D eigenvalue weighted by Gasteiger charge is -2.40. The average Bonchev–Trinajstić information content (AvgIpc) is 3.14. The zero-order chi connectivity index (χ0) is 22.2. The predicted molar refractivity (Wildman–Crippen MR) is 120 cm³/mol. The van der Waals surface area contributed by atoms with E-state index in [2.05, 4.69) is 16.3 Å². The number of amides is 2. The Morgan fingerprint density at radius 2 is 1.75 bits per heavy atom. The van der Waals surface area contributed by atoms with Crippen LogP contribution < -0.4 is 16.8 Å². The van der Waals surface area contributed by atoms with Gasteiger partial charge in [-0.05, 0) is 94.1 Å². The zero-order valence-corrected chi connectivity index (χ0v) is 18.4. The molecule has 1 unspecified atom stereocenters. The molecule has 0 radical (unpaired) electrons. The minimum Gasteiger partial charge on any atom is -0.408 e. The number of likely N-dealkylation sites (tertiary alicyclic amines) is 1. The van der Waals surface area contributed by atoms with E-state index in [4.69, 9.17) is 10.2 Å². The number of fused-ring (bicyclic) bond motifs is 1. The molecule has 1 aromatic carbocycles. The van der Waals surface area contributed by atoms with E-state index in [0.29, 0.717) is 35.4 Å². The number of oxazole rings is 1. The van der Waals surface area contributed by atoms with Crippen LogP contribution >= 0.6 is 0 Å². The molecule has 3 aliphatic rings. The van der Waals surface area contributed by atoms with Crippen molar-refractivity contribution in [2.75, 3.05) is 19.6 Å². The van der Waals surface area contributed by atoms with Gasteiger partial charge in [-0.25, -0.2) is 4.79 Å². The van der Waals surface area contributed by atoms with Crippen LogP contribution in [0.4, 0.5) is 0 Å². The Labute approximate surface area is 187 Å². The number of hydrogen-bond acceptors (Lipinski definition) is 6. The third-order valence-corrected chi connectivity index (χ3v) is 7.83. The molecule has 1 aliphatic carbocycles. The van der Waals surface area contributed by atoms with Gasteiger partial charge in [-0.2, -0.15) is 0 Å². The normalized spacial score (nSPS) is 28.2. The fourth-order valence-corrected chi connectivity index (χ4v) is 5.87. The Balaban J connectivity index is 1.28. The highest BCUT2D eigenvalue weighted by atomic mass is 16.4. The SMILES string of the molecule is NCC1CCC(N2CCC(c3ccc4c(c3)oc(=O)n4C3CCC(=O)NC3=O)CC2)CC1. The number of carbonyl (C=O) groups excluding carboxylic acids is 2. The minimum atomic E-state index is -0.704. The summed E-state index contributed by atoms with van der Waals surface area (Å²) in [5.41, 5.74) is 8.15. The number of nitrogens with zero attached hydrogens (tertiary/aromatic N) is 2. The van der Waals surface area contributed by atoms with Gasteiger partial charge in [0.05, 0.1) is 5.52 Å². The van der Waals surface area contributed by atoms with Crippen molar-refractivity contribution in [2.24, 2.45) is 11.7 Å². The smallest absolute Gasteiger partial charge is 0.408 e. The van der Waals surface area contributed by atoms with Gasteiger partial charge in [0.1, 0.15) is 6.04 Å². The monoisotopic (exact) mass is 440 g/mol. The summed E-state index contributed by atoms with van der Waals surface area (Å²) >= 11 is 0. The summed E-state index contributed by atoms with van der Waals surface area (Å²) in [5, 5.41) is 2.32. The van der Waals surface area contributed by atoms with Crippen LogP contribution in [0.5, 0.6) is 0 Å². The van der Waals surface area contributed by atoms with Crippen LogP contribution in [0.1, 0.15) is 68.9 Å². The van der Waals surface area contributed by atoms with Crippen LogP contribution in [0, 0.1) is 5.92 Å². The van der Waals surface area contributed by atoms with Gasteiger partial charge in [-0.15, -0.1) is 0 Å². The molecular weight excluding hydrogens is 408 g/mol. The molecule has 1 aromatic heterocycles. The Bertz CT molecular complexity index is 1060. The number of rotatable bonds is 4. The van der Waals surface area contributed by atoms with Crippen molar-refractivity contribution in [3.63, 3.8) is 0 Å². The molecule has 2 saturated heterocycles. The first-order valence-electron chi connectivity index (χ1n) is 12.0. The summed E-state index contributed by atoms with van der Waals surface area (Å²) in [7, 11) is 0. The van der Waals surface area contributed by atoms with Crippen molar-refractivity contribution in [1.82, 2.24) is 14.8 Å². The van der Waals surface area contributed by atoms with Crippen molar-refractivity contribution < 1.29 is 14.0 Å². The van der Waals surface area contributed by atoms with E-state index >= 15 is 0 Å². The maximum absolute atomic E-state index is 12.5. The van der Waals surface area contributed by atoms with E-state index in [9.17, 15) is 14.4 Å². The van der Waals surface area contributed by atoms with Gasteiger partial charge >= 0.3 is 5.76 Å². The molecule has 0 bridgehead atoms. The molecule has 1 saturated carbocycles. The summed E-state index contributed by atoms with van der Waals surface area (Å²) in [5.74, 6) is -0.136. The number of imide groups is 1. The molecule has 1 atom stereocenters. The highest BCUT2D eigenvalue weighted by Crippen LogP contribution is 2.34. The molecule has 3 N–H and O–H groups in total. The minimum absolute atomic E-state index is 0.222. The number of aromatic nitrogens is 1. The van der Waals surface area contributed by atoms with Gasteiger partial charge in [0, 0.05) is 12.5 Å². The third-order valence-electron chi connectivity index (χ3n) is 7.83. The highest BCUT2D eigenvalue weighted by molar-refractivity contribution is 6.00. The lowest BCUT2D eigenvalue weighted by atomic mass is 9.83. The fourth-order valence-electron chi connectivity index (χ4n) is 5.87. The number of carbonyl (C=O) groups is 2. The van der Waals surface area contributed by atoms with Crippen molar-refractivity contribution in [2.45, 2.75) is 69.4 Å². The van der Waals surface area contributed by atoms with Gasteiger partial charge < -0.3 is 15.1 Å². The van der Waals surface area contributed by atoms with Crippen molar-refractivity contribution in [3.8, 4) is 0 Å². The lowest BCUT2D eigenvalue weighted by molar-refractivity contribution is -0.135. The van der Waals surface area contributed by atoms with Crippen molar-refractivity contribution in [1.29, 1.82) is 0 Å². The highest BCUT2D eigenvalue weighted by Gasteiger charge is 2.32. The van der Waals surface area contributed by atoms with Crippen LogP contribution in [0.15, 0.2) is 27.4 Å². The molecule has 5 rings (SSSR count). The standard InChI is InChI=1S/C24H32N4O4/c25-14-15-1-4-18(5-2-15)27-11-9-16(10-12-27)17-3-6-19-21(13-17)32-24(31)28(19)20-7-8-22(29)26-23(20)30/h3,6,13,15-16,18,20H,1-2,4-5,7-12,14,25H2,(H,26,29,30). The van der Waals surface area contributed by atoms with E-state index in [1.807, 2.05) is 12.1 Å². The molecule has 8 nitrogen and oxygen atoms in total. The van der Waals surface area contributed by atoms with Gasteiger partial charge in [0.2, 0.25) is 11.8 Å². The summed E-state index contributed by atoms with van der Waals surface area (Å²) in [6, 6.07) is 5.91. The van der Waals surface area contributed by atoms with Gasteiger partial charge in [0.15, 0.2) is 5.58 Å². The van der Waals surface area contributed by atoms with Gasteiger partial charge in [-0.1, -0.05) is 6.07 Å². The van der Waals surface area contributed by atoms with Gasteiger partial charge in [0.25, 0.3) is 0 Å². The van der Waals surface area contributed by atoms with Crippen LogP contribution in [0.3, 0.4) is 0 Å². The molecule has 32 heavy (non-hydrogen) atoms. The maximum atomic E-state index is 12.5. The lowest BCUT2D eigenvalue weighted by Crippen LogP contribution is -2.43. The first-order valence-corrected chi connectivity index (χ1v) is 12.0. The summed E-state index contributed by atoms with van der Waals surface area (Å²) < 4.78 is 6.91. The van der Waals surface area contributed by atoms with Crippen LogP contribution in [0.25, 0.3) is 11.1 Å². The van der Waals surface area contributed by atoms with Crippen molar-refractivity contribution in [3.05, 3.63) is 34.3 Å². The molecule has 2 aliphatic heterocycles. The maximum Gasteiger partial charge on any atom is 0.420 e. The number of nitrogens with one attached hydrogen (secondary N) is 1. The van der Waals surface area contributed by atoms with E-state index in [1.165, 1.54) is 35.8 Å². The number of benzene rings is 1. The molecule has 0 spiro atoms. The van der Waals surface area contributed by atoms with Gasteiger partial charge in [-0.3, -0.25) is 19.5 Å². The Morgan fingerprint density at radius 3 is 2.44 bits per heavy atom. The van der Waals surface area contributed by atoms with E-state index in [0.717, 1.165) is 32.5 Å². The molecule has 2 aromatic rings. The average molecular weight is 441 g/mol. The van der Waals surface area contributed by atoms with E-state index in [-0.39, 0.29) is 12.3 Å². The largest absolute Gasteiger partial charge is 0.420 e. The molecular formula is C24H32N4O4. The number of hydrogen-bond donors (Lipinski definition) is 2. The summed E-state index contributed by atoms with van der Waals surface area (Å²) in [6.45, 7) is 3.02. The second kappa shape index (κ2) is 8.83. The first-order chi connectivity index (χ1) is 15.5. The third kappa shape index (κ3) is 4.01. The summed E-state index contributed by atoms with van der Waals surface area (Å²) in [6.07, 6.45) is 7.75. The molecule has 172 valence electrons. The van der Waals surface area contributed by atoms with Crippen molar-refractivity contribution >= 4 is 22.9 Å². The second-order valence-electron chi connectivity index (χ2n) is 9.65. The quantitative estimate of drug-likeness (QED) is 0.706. The first kappa shape index (κ1) is 21.4. The number of nitrogens with two attached hydrogens (primary N) is 1.